The zero-order valence-corrected chi connectivity index (χ0v) is 11.9. The number of hydrogen-bond donors (Lipinski definition) is 2. The van der Waals surface area contributed by atoms with Crippen LogP contribution in [0.1, 0.15) is 10.4 Å². The Morgan fingerprint density at radius 2 is 1.78 bits per heavy atom. The molecular weight excluding hydrogens is 302 g/mol. The standard InChI is InChI=1S/C15H13N3O5/c16-15(20)10-5-1-4-8-13(10)23-9-14(19)17-11-6-2-3-7-12(11)18(21)22/h1-8H,9H2,(H2,16,20)(H,17,19). The minimum atomic E-state index is -0.681. The number of benzene rings is 2. The summed E-state index contributed by atoms with van der Waals surface area (Å²) in [6.45, 7) is -0.420. The number of ether oxygens (including phenoxy) is 1. The molecule has 0 atom stereocenters. The molecule has 0 unspecified atom stereocenters. The van der Waals surface area contributed by atoms with Crippen LogP contribution in [0.2, 0.25) is 0 Å². The number of anilines is 1. The van der Waals surface area contributed by atoms with E-state index in [4.69, 9.17) is 10.5 Å². The van der Waals surface area contributed by atoms with E-state index in [1.165, 1.54) is 30.3 Å². The number of carbonyl (C=O) groups excluding carboxylic acids is 2. The van der Waals surface area contributed by atoms with Crippen molar-refractivity contribution < 1.29 is 19.2 Å². The maximum absolute atomic E-state index is 11.9. The van der Waals surface area contributed by atoms with Crippen LogP contribution in [0.15, 0.2) is 48.5 Å². The van der Waals surface area contributed by atoms with E-state index < -0.39 is 23.3 Å². The number of nitro benzene ring substituents is 1. The van der Waals surface area contributed by atoms with Crippen LogP contribution in [0.25, 0.3) is 0 Å². The summed E-state index contributed by atoms with van der Waals surface area (Å²) in [6, 6.07) is 11.9. The number of para-hydroxylation sites is 3. The Hall–Kier alpha value is -3.42. The molecule has 0 aliphatic rings. The van der Waals surface area contributed by atoms with Crippen LogP contribution in [0.5, 0.6) is 5.75 Å². The number of carbonyl (C=O) groups is 2. The number of primary amides is 1. The number of nitrogens with zero attached hydrogens (tertiary/aromatic N) is 1. The second kappa shape index (κ2) is 7.03. The van der Waals surface area contributed by atoms with Crippen LogP contribution >= 0.6 is 0 Å². The third-order valence-corrected chi connectivity index (χ3v) is 2.89. The van der Waals surface area contributed by atoms with Crippen molar-refractivity contribution in [1.29, 1.82) is 0 Å². The molecule has 0 heterocycles. The summed E-state index contributed by atoms with van der Waals surface area (Å²) in [5.74, 6) is -1.11. The van der Waals surface area contributed by atoms with Crippen molar-refractivity contribution in [3.63, 3.8) is 0 Å². The van der Waals surface area contributed by atoms with E-state index in [-0.39, 0.29) is 22.7 Å². The van der Waals surface area contributed by atoms with Gasteiger partial charge in [0, 0.05) is 6.07 Å². The van der Waals surface area contributed by atoms with Gasteiger partial charge in [0.05, 0.1) is 10.5 Å². The first kappa shape index (κ1) is 16.0. The molecule has 2 aromatic rings. The number of hydrogen-bond acceptors (Lipinski definition) is 5. The van der Waals surface area contributed by atoms with Crippen molar-refractivity contribution in [3.05, 3.63) is 64.2 Å². The minimum Gasteiger partial charge on any atom is -0.483 e. The molecule has 0 aromatic heterocycles. The Labute approximate surface area is 131 Å². The fourth-order valence-corrected chi connectivity index (χ4v) is 1.86. The molecule has 0 aliphatic carbocycles. The van der Waals surface area contributed by atoms with E-state index in [0.717, 1.165) is 0 Å². The summed E-state index contributed by atoms with van der Waals surface area (Å²) in [4.78, 5) is 33.4. The molecule has 8 nitrogen and oxygen atoms in total. The van der Waals surface area contributed by atoms with Gasteiger partial charge in [-0.15, -0.1) is 0 Å². The predicted molar refractivity (Wildman–Crippen MR) is 82.2 cm³/mol. The largest absolute Gasteiger partial charge is 0.483 e. The molecule has 0 fully saturated rings. The zero-order valence-electron chi connectivity index (χ0n) is 11.9. The Morgan fingerprint density at radius 3 is 2.48 bits per heavy atom. The molecular formula is C15H13N3O5. The number of nitro groups is 1. The average molecular weight is 315 g/mol. The number of nitrogens with two attached hydrogens (primary N) is 1. The van der Waals surface area contributed by atoms with Crippen molar-refractivity contribution in [2.75, 3.05) is 11.9 Å². The summed E-state index contributed by atoms with van der Waals surface area (Å²) < 4.78 is 5.25. The maximum atomic E-state index is 11.9. The SMILES string of the molecule is NC(=O)c1ccccc1OCC(=O)Nc1ccccc1[N+](=O)[O-]. The molecule has 3 N–H and O–H groups in total. The first-order valence-corrected chi connectivity index (χ1v) is 6.54. The third kappa shape index (κ3) is 4.03. The van der Waals surface area contributed by atoms with E-state index in [1.807, 2.05) is 0 Å². The molecule has 23 heavy (non-hydrogen) atoms. The lowest BCUT2D eigenvalue weighted by atomic mass is 10.2. The fraction of sp³-hybridized carbons (Fsp3) is 0.0667. The van der Waals surface area contributed by atoms with Crippen molar-refractivity contribution in [2.24, 2.45) is 5.73 Å². The predicted octanol–water partition coefficient (Wildman–Crippen LogP) is 1.71. The highest BCUT2D eigenvalue weighted by molar-refractivity contribution is 5.96. The molecule has 2 amide bonds. The van der Waals surface area contributed by atoms with E-state index in [0.29, 0.717) is 0 Å². The highest BCUT2D eigenvalue weighted by Gasteiger charge is 2.16. The van der Waals surface area contributed by atoms with Gasteiger partial charge in [-0.1, -0.05) is 24.3 Å². The van der Waals surface area contributed by atoms with Gasteiger partial charge in [-0.3, -0.25) is 19.7 Å². The molecule has 8 heteroatoms. The summed E-state index contributed by atoms with van der Waals surface area (Å²) in [7, 11) is 0. The van der Waals surface area contributed by atoms with Crippen molar-refractivity contribution >= 4 is 23.2 Å². The minimum absolute atomic E-state index is 0.0642. The van der Waals surface area contributed by atoms with Crippen molar-refractivity contribution in [2.45, 2.75) is 0 Å². The number of nitrogens with one attached hydrogen (secondary N) is 1. The monoisotopic (exact) mass is 315 g/mol. The highest BCUT2D eigenvalue weighted by Crippen LogP contribution is 2.23. The Bertz CT molecular complexity index is 760. The van der Waals surface area contributed by atoms with E-state index in [2.05, 4.69) is 5.32 Å². The normalized spacial score (nSPS) is 9.91. The van der Waals surface area contributed by atoms with E-state index >= 15 is 0 Å². The van der Waals surface area contributed by atoms with Gasteiger partial charge in [-0.2, -0.15) is 0 Å². The lowest BCUT2D eigenvalue weighted by Crippen LogP contribution is -2.22. The molecule has 0 aliphatic heterocycles. The summed E-state index contributed by atoms with van der Waals surface area (Å²) in [6.07, 6.45) is 0. The van der Waals surface area contributed by atoms with Gasteiger partial charge in [0.2, 0.25) is 0 Å². The van der Waals surface area contributed by atoms with Crippen LogP contribution in [0, 0.1) is 10.1 Å². The van der Waals surface area contributed by atoms with Crippen LogP contribution in [-0.4, -0.2) is 23.3 Å². The maximum Gasteiger partial charge on any atom is 0.292 e. The second-order valence-electron chi connectivity index (χ2n) is 4.47. The highest BCUT2D eigenvalue weighted by atomic mass is 16.6. The third-order valence-electron chi connectivity index (χ3n) is 2.89. The van der Waals surface area contributed by atoms with Gasteiger partial charge in [-0.25, -0.2) is 0 Å². The second-order valence-corrected chi connectivity index (χ2v) is 4.47. The molecule has 2 aromatic carbocycles. The Balaban J connectivity index is 2.04. The molecule has 0 spiro atoms. The van der Waals surface area contributed by atoms with Gasteiger partial charge >= 0.3 is 0 Å². The van der Waals surface area contributed by atoms with Crippen molar-refractivity contribution in [3.8, 4) is 5.75 Å². The summed E-state index contributed by atoms with van der Waals surface area (Å²) in [5, 5.41) is 13.3. The lowest BCUT2D eigenvalue weighted by Gasteiger charge is -2.10. The average Bonchev–Trinajstić information content (AvgIpc) is 2.53. The van der Waals surface area contributed by atoms with Crippen LogP contribution in [-0.2, 0) is 4.79 Å². The van der Waals surface area contributed by atoms with Gasteiger partial charge in [0.25, 0.3) is 17.5 Å². The number of rotatable bonds is 6. The Kier molecular flexibility index (Phi) is 4.88. The molecule has 0 bridgehead atoms. The molecule has 0 radical (unpaired) electrons. The first-order chi connectivity index (χ1) is 11.0. The molecule has 118 valence electrons. The van der Waals surface area contributed by atoms with Gasteiger partial charge in [0.1, 0.15) is 11.4 Å². The summed E-state index contributed by atoms with van der Waals surface area (Å²) >= 11 is 0. The molecule has 0 saturated carbocycles. The smallest absolute Gasteiger partial charge is 0.292 e. The van der Waals surface area contributed by atoms with Crippen LogP contribution in [0.3, 0.4) is 0 Å². The van der Waals surface area contributed by atoms with E-state index in [1.54, 1.807) is 18.2 Å². The lowest BCUT2D eigenvalue weighted by molar-refractivity contribution is -0.383. The quantitative estimate of drug-likeness (QED) is 0.620. The van der Waals surface area contributed by atoms with Crippen molar-refractivity contribution in [1.82, 2.24) is 0 Å². The van der Waals surface area contributed by atoms with Crippen LogP contribution in [0.4, 0.5) is 11.4 Å². The zero-order chi connectivity index (χ0) is 16.8. The first-order valence-electron chi connectivity index (χ1n) is 6.54. The van der Waals surface area contributed by atoms with Gasteiger partial charge < -0.3 is 15.8 Å². The Morgan fingerprint density at radius 1 is 1.13 bits per heavy atom. The molecule has 2 rings (SSSR count). The number of amides is 2. The topological polar surface area (TPSA) is 125 Å². The van der Waals surface area contributed by atoms with Crippen LogP contribution < -0.4 is 15.8 Å². The van der Waals surface area contributed by atoms with E-state index in [9.17, 15) is 19.7 Å². The molecule has 0 saturated heterocycles. The fourth-order valence-electron chi connectivity index (χ4n) is 1.86. The van der Waals surface area contributed by atoms with Gasteiger partial charge in [-0.05, 0) is 18.2 Å². The summed E-state index contributed by atoms with van der Waals surface area (Å²) in [5.41, 5.74) is 5.19. The van der Waals surface area contributed by atoms with Gasteiger partial charge in [0.15, 0.2) is 6.61 Å².